The summed E-state index contributed by atoms with van der Waals surface area (Å²) in [6.45, 7) is 6.59. The lowest BCUT2D eigenvalue weighted by Gasteiger charge is -2.05. The van der Waals surface area contributed by atoms with Crippen LogP contribution in [0.25, 0.3) is 0 Å². The van der Waals surface area contributed by atoms with Crippen LogP contribution < -0.4 is 10.6 Å². The first-order valence-corrected chi connectivity index (χ1v) is 6.38. The van der Waals surface area contributed by atoms with Gasteiger partial charge in [-0.3, -0.25) is 4.79 Å². The molecular weight excluding hydrogens is 216 g/mol. The number of hydrogen-bond acceptors (Lipinski definition) is 3. The second-order valence-electron chi connectivity index (χ2n) is 3.98. The van der Waals surface area contributed by atoms with Crippen molar-refractivity contribution in [2.75, 3.05) is 33.4 Å². The molecule has 0 fully saturated rings. The highest BCUT2D eigenvalue weighted by atomic mass is 16.5. The van der Waals surface area contributed by atoms with Crippen LogP contribution in [0.4, 0.5) is 0 Å². The summed E-state index contributed by atoms with van der Waals surface area (Å²) in [5, 5.41) is 6.05. The molecule has 1 amide bonds. The first-order valence-electron chi connectivity index (χ1n) is 6.38. The number of carbonyl (C=O) groups is 1. The maximum absolute atomic E-state index is 11.3. The minimum atomic E-state index is 0.0845. The minimum Gasteiger partial charge on any atom is -0.383 e. The molecule has 17 heavy (non-hydrogen) atoms. The Morgan fingerprint density at radius 1 is 1.24 bits per heavy atom. The number of allylic oxidation sites excluding steroid dienone is 1. The largest absolute Gasteiger partial charge is 0.383 e. The third-order valence-electron chi connectivity index (χ3n) is 2.42. The smallest absolute Gasteiger partial charge is 0.221 e. The van der Waals surface area contributed by atoms with Crippen LogP contribution in [0.1, 0.15) is 32.1 Å². The fourth-order valence-electron chi connectivity index (χ4n) is 1.42. The van der Waals surface area contributed by atoms with Crippen molar-refractivity contribution in [3.05, 3.63) is 12.7 Å². The van der Waals surface area contributed by atoms with E-state index >= 15 is 0 Å². The maximum Gasteiger partial charge on any atom is 0.221 e. The van der Waals surface area contributed by atoms with Crippen molar-refractivity contribution in [1.82, 2.24) is 10.6 Å². The Bertz CT molecular complexity index is 196. The maximum atomic E-state index is 11.3. The van der Waals surface area contributed by atoms with E-state index in [1.165, 1.54) is 19.3 Å². The molecule has 0 radical (unpaired) electrons. The number of amides is 1. The summed E-state index contributed by atoms with van der Waals surface area (Å²) in [4.78, 5) is 11.3. The second-order valence-corrected chi connectivity index (χ2v) is 3.98. The highest BCUT2D eigenvalue weighted by Crippen LogP contribution is 1.98. The third-order valence-corrected chi connectivity index (χ3v) is 2.42. The topological polar surface area (TPSA) is 50.4 Å². The number of unbranched alkanes of at least 4 members (excludes halogenated alkanes) is 3. The van der Waals surface area contributed by atoms with Crippen molar-refractivity contribution in [3.8, 4) is 0 Å². The summed E-state index contributed by atoms with van der Waals surface area (Å²) in [6.07, 6.45) is 7.19. The molecule has 0 saturated heterocycles. The Labute approximate surface area is 105 Å². The fourth-order valence-corrected chi connectivity index (χ4v) is 1.42. The SMILES string of the molecule is C=CCCCCCNCCC(=O)NCCOC. The van der Waals surface area contributed by atoms with Gasteiger partial charge in [0.1, 0.15) is 0 Å². The summed E-state index contributed by atoms with van der Waals surface area (Å²) in [7, 11) is 1.63. The highest BCUT2D eigenvalue weighted by molar-refractivity contribution is 5.75. The standard InChI is InChI=1S/C13H26N2O2/c1-3-4-5-6-7-9-14-10-8-13(16)15-11-12-17-2/h3,14H,1,4-12H2,2H3,(H,15,16). The van der Waals surface area contributed by atoms with E-state index in [-0.39, 0.29) is 5.91 Å². The van der Waals surface area contributed by atoms with Crippen molar-refractivity contribution >= 4 is 5.91 Å². The van der Waals surface area contributed by atoms with Gasteiger partial charge in [-0.05, 0) is 25.8 Å². The van der Waals surface area contributed by atoms with Gasteiger partial charge in [-0.25, -0.2) is 0 Å². The molecule has 100 valence electrons. The minimum absolute atomic E-state index is 0.0845. The Hall–Kier alpha value is -0.870. The predicted octanol–water partition coefficient (Wildman–Crippen LogP) is 1.48. The van der Waals surface area contributed by atoms with Gasteiger partial charge in [0.15, 0.2) is 0 Å². The molecule has 0 aromatic rings. The first kappa shape index (κ1) is 16.1. The Kier molecular flexibility index (Phi) is 12.5. The van der Waals surface area contributed by atoms with Crippen LogP contribution in [-0.4, -0.2) is 39.3 Å². The number of carbonyl (C=O) groups excluding carboxylic acids is 1. The molecule has 0 aromatic heterocycles. The molecule has 0 unspecified atom stereocenters. The van der Waals surface area contributed by atoms with Crippen molar-refractivity contribution in [2.45, 2.75) is 32.1 Å². The Balaban J connectivity index is 3.11. The highest BCUT2D eigenvalue weighted by Gasteiger charge is 1.98. The number of hydrogen-bond donors (Lipinski definition) is 2. The molecule has 4 nitrogen and oxygen atoms in total. The van der Waals surface area contributed by atoms with E-state index in [1.54, 1.807) is 7.11 Å². The monoisotopic (exact) mass is 242 g/mol. The van der Waals surface area contributed by atoms with Gasteiger partial charge < -0.3 is 15.4 Å². The van der Waals surface area contributed by atoms with E-state index in [9.17, 15) is 4.79 Å². The third kappa shape index (κ3) is 13.1. The molecule has 0 aliphatic carbocycles. The number of methoxy groups -OCH3 is 1. The average molecular weight is 242 g/mol. The molecule has 0 atom stereocenters. The lowest BCUT2D eigenvalue weighted by atomic mass is 10.2. The first-order chi connectivity index (χ1) is 8.31. The number of rotatable bonds is 12. The molecule has 0 rings (SSSR count). The van der Waals surface area contributed by atoms with E-state index in [4.69, 9.17) is 4.74 Å². The van der Waals surface area contributed by atoms with Crippen LogP contribution in [0.3, 0.4) is 0 Å². The van der Waals surface area contributed by atoms with E-state index in [2.05, 4.69) is 17.2 Å². The summed E-state index contributed by atoms with van der Waals surface area (Å²) in [5.41, 5.74) is 0. The quantitative estimate of drug-likeness (QED) is 0.402. The molecule has 0 aliphatic rings. The van der Waals surface area contributed by atoms with Crippen molar-refractivity contribution in [1.29, 1.82) is 0 Å². The van der Waals surface area contributed by atoms with Crippen LogP contribution in [0.2, 0.25) is 0 Å². The lowest BCUT2D eigenvalue weighted by molar-refractivity contribution is -0.121. The summed E-state index contributed by atoms with van der Waals surface area (Å²) >= 11 is 0. The van der Waals surface area contributed by atoms with Crippen LogP contribution in [0.15, 0.2) is 12.7 Å². The number of ether oxygens (including phenoxy) is 1. The lowest BCUT2D eigenvalue weighted by Crippen LogP contribution is -2.30. The Morgan fingerprint density at radius 2 is 2.06 bits per heavy atom. The van der Waals surface area contributed by atoms with E-state index in [0.29, 0.717) is 19.6 Å². The van der Waals surface area contributed by atoms with E-state index in [0.717, 1.165) is 19.5 Å². The van der Waals surface area contributed by atoms with Crippen molar-refractivity contribution in [3.63, 3.8) is 0 Å². The molecule has 2 N–H and O–H groups in total. The molecular formula is C13H26N2O2. The molecule has 4 heteroatoms. The van der Waals surface area contributed by atoms with Gasteiger partial charge in [-0.2, -0.15) is 0 Å². The summed E-state index contributed by atoms with van der Waals surface area (Å²) in [5.74, 6) is 0.0845. The molecule has 0 saturated carbocycles. The van der Waals surface area contributed by atoms with E-state index in [1.807, 2.05) is 6.08 Å². The number of nitrogens with one attached hydrogen (secondary N) is 2. The van der Waals surface area contributed by atoms with Crippen molar-refractivity contribution in [2.24, 2.45) is 0 Å². The van der Waals surface area contributed by atoms with Crippen LogP contribution >= 0.6 is 0 Å². The summed E-state index contributed by atoms with van der Waals surface area (Å²) in [6, 6.07) is 0. The normalized spacial score (nSPS) is 10.2. The predicted molar refractivity (Wildman–Crippen MR) is 71.0 cm³/mol. The average Bonchev–Trinajstić information content (AvgIpc) is 2.33. The zero-order valence-corrected chi connectivity index (χ0v) is 11.0. The van der Waals surface area contributed by atoms with Gasteiger partial charge in [0, 0.05) is 26.6 Å². The van der Waals surface area contributed by atoms with Crippen LogP contribution in [0, 0.1) is 0 Å². The zero-order valence-electron chi connectivity index (χ0n) is 11.0. The van der Waals surface area contributed by atoms with Crippen molar-refractivity contribution < 1.29 is 9.53 Å². The van der Waals surface area contributed by atoms with Crippen LogP contribution in [0.5, 0.6) is 0 Å². The molecule has 0 spiro atoms. The fraction of sp³-hybridized carbons (Fsp3) is 0.769. The van der Waals surface area contributed by atoms with Gasteiger partial charge >= 0.3 is 0 Å². The van der Waals surface area contributed by atoms with Gasteiger partial charge in [-0.15, -0.1) is 6.58 Å². The molecule has 0 heterocycles. The van der Waals surface area contributed by atoms with E-state index < -0.39 is 0 Å². The Morgan fingerprint density at radius 3 is 2.76 bits per heavy atom. The molecule has 0 aromatic carbocycles. The second kappa shape index (κ2) is 13.2. The van der Waals surface area contributed by atoms with Crippen LogP contribution in [-0.2, 0) is 9.53 Å². The summed E-state index contributed by atoms with van der Waals surface area (Å²) < 4.78 is 4.84. The zero-order chi connectivity index (χ0) is 12.8. The van der Waals surface area contributed by atoms with Gasteiger partial charge in [0.05, 0.1) is 6.61 Å². The van der Waals surface area contributed by atoms with Gasteiger partial charge in [-0.1, -0.05) is 12.5 Å². The molecule has 0 aliphatic heterocycles. The molecule has 0 bridgehead atoms. The van der Waals surface area contributed by atoms with Gasteiger partial charge in [0.25, 0.3) is 0 Å². The van der Waals surface area contributed by atoms with Gasteiger partial charge in [0.2, 0.25) is 5.91 Å².